The first-order chi connectivity index (χ1) is 8.74. The van der Waals surface area contributed by atoms with E-state index in [4.69, 9.17) is 10.5 Å². The van der Waals surface area contributed by atoms with Crippen LogP contribution >= 0.6 is 11.8 Å². The van der Waals surface area contributed by atoms with Gasteiger partial charge in [-0.25, -0.2) is 4.39 Å². The molecule has 3 rings (SSSR count). The Balaban J connectivity index is 1.81. The first kappa shape index (κ1) is 12.3. The van der Waals surface area contributed by atoms with Crippen molar-refractivity contribution in [2.75, 3.05) is 11.5 Å². The summed E-state index contributed by atoms with van der Waals surface area (Å²) in [6.07, 6.45) is 3.46. The summed E-state index contributed by atoms with van der Waals surface area (Å²) in [6, 6.07) is 4.66. The molecule has 0 spiro atoms. The van der Waals surface area contributed by atoms with E-state index in [1.54, 1.807) is 6.07 Å². The zero-order valence-electron chi connectivity index (χ0n) is 10.3. The molecule has 2 aliphatic heterocycles. The van der Waals surface area contributed by atoms with Crippen molar-refractivity contribution in [3.05, 3.63) is 29.6 Å². The zero-order chi connectivity index (χ0) is 12.5. The molecule has 0 saturated carbocycles. The van der Waals surface area contributed by atoms with Gasteiger partial charge >= 0.3 is 0 Å². The SMILES string of the molecule is N[C@H]1CC(C2CCCSC2)Oc2cc(F)ccc21. The molecule has 1 fully saturated rings. The van der Waals surface area contributed by atoms with Crippen LogP contribution in [0.15, 0.2) is 18.2 Å². The lowest BCUT2D eigenvalue weighted by molar-refractivity contribution is 0.103. The number of benzene rings is 1. The van der Waals surface area contributed by atoms with E-state index in [2.05, 4.69) is 0 Å². The van der Waals surface area contributed by atoms with Crippen LogP contribution in [-0.2, 0) is 0 Å². The van der Waals surface area contributed by atoms with Crippen LogP contribution in [0.5, 0.6) is 5.75 Å². The van der Waals surface area contributed by atoms with E-state index in [0.717, 1.165) is 17.7 Å². The molecule has 1 saturated heterocycles. The quantitative estimate of drug-likeness (QED) is 0.849. The second-order valence-corrected chi connectivity index (χ2v) is 6.31. The number of hydrogen-bond donors (Lipinski definition) is 1. The minimum atomic E-state index is -0.250. The number of halogens is 1. The van der Waals surface area contributed by atoms with Gasteiger partial charge in [0.05, 0.1) is 0 Å². The molecule has 2 heterocycles. The summed E-state index contributed by atoms with van der Waals surface area (Å²) in [7, 11) is 0. The minimum Gasteiger partial charge on any atom is -0.490 e. The van der Waals surface area contributed by atoms with Gasteiger partial charge < -0.3 is 10.5 Å². The zero-order valence-corrected chi connectivity index (χ0v) is 11.1. The summed E-state index contributed by atoms with van der Waals surface area (Å²) in [5.74, 6) is 3.35. The largest absolute Gasteiger partial charge is 0.490 e. The van der Waals surface area contributed by atoms with Crippen molar-refractivity contribution in [1.82, 2.24) is 0 Å². The Morgan fingerprint density at radius 3 is 3.06 bits per heavy atom. The Kier molecular flexibility index (Phi) is 3.48. The molecular formula is C14H18FNOS. The monoisotopic (exact) mass is 267 g/mol. The molecule has 2 unspecified atom stereocenters. The van der Waals surface area contributed by atoms with Crippen LogP contribution in [0.1, 0.15) is 30.9 Å². The molecule has 4 heteroatoms. The van der Waals surface area contributed by atoms with Crippen molar-refractivity contribution in [3.63, 3.8) is 0 Å². The van der Waals surface area contributed by atoms with Crippen molar-refractivity contribution in [2.24, 2.45) is 11.7 Å². The lowest BCUT2D eigenvalue weighted by atomic mass is 9.88. The van der Waals surface area contributed by atoms with E-state index in [-0.39, 0.29) is 18.0 Å². The van der Waals surface area contributed by atoms with E-state index in [1.807, 2.05) is 11.8 Å². The molecule has 2 nitrogen and oxygen atoms in total. The van der Waals surface area contributed by atoms with Gasteiger partial charge in [-0.15, -0.1) is 0 Å². The average molecular weight is 267 g/mol. The number of ether oxygens (including phenoxy) is 1. The standard InChI is InChI=1S/C14H18FNOS/c15-10-3-4-11-12(16)7-13(17-14(11)6-10)9-2-1-5-18-8-9/h3-4,6,9,12-13H,1-2,5,7-8,16H2/t9?,12-,13?/m0/s1. The highest BCUT2D eigenvalue weighted by molar-refractivity contribution is 7.99. The molecule has 2 N–H and O–H groups in total. The summed E-state index contributed by atoms with van der Waals surface area (Å²) in [5.41, 5.74) is 7.13. The van der Waals surface area contributed by atoms with Gasteiger partial charge in [0.15, 0.2) is 0 Å². The number of hydrogen-bond acceptors (Lipinski definition) is 3. The van der Waals surface area contributed by atoms with Crippen molar-refractivity contribution < 1.29 is 9.13 Å². The van der Waals surface area contributed by atoms with E-state index >= 15 is 0 Å². The van der Waals surface area contributed by atoms with Crippen molar-refractivity contribution in [2.45, 2.75) is 31.4 Å². The summed E-state index contributed by atoms with van der Waals surface area (Å²) in [5, 5.41) is 0. The fourth-order valence-electron chi connectivity index (χ4n) is 2.85. The summed E-state index contributed by atoms with van der Waals surface area (Å²) < 4.78 is 19.3. The van der Waals surface area contributed by atoms with Crippen LogP contribution in [0.3, 0.4) is 0 Å². The molecule has 1 aromatic carbocycles. The Labute approximate surface area is 111 Å². The first-order valence-corrected chi connectivity index (χ1v) is 7.69. The van der Waals surface area contributed by atoms with Gasteiger partial charge in [-0.1, -0.05) is 6.07 Å². The molecule has 0 radical (unpaired) electrons. The van der Waals surface area contributed by atoms with Crippen LogP contribution in [0.25, 0.3) is 0 Å². The molecule has 18 heavy (non-hydrogen) atoms. The predicted octanol–water partition coefficient (Wildman–Crippen LogP) is 3.12. The lowest BCUT2D eigenvalue weighted by Gasteiger charge is -2.36. The van der Waals surface area contributed by atoms with E-state index in [9.17, 15) is 4.39 Å². The summed E-state index contributed by atoms with van der Waals surface area (Å²) in [6.45, 7) is 0. The second kappa shape index (κ2) is 5.10. The van der Waals surface area contributed by atoms with Crippen LogP contribution in [0.2, 0.25) is 0 Å². The molecule has 0 aliphatic carbocycles. The predicted molar refractivity (Wildman–Crippen MR) is 72.4 cm³/mol. The Morgan fingerprint density at radius 1 is 1.39 bits per heavy atom. The van der Waals surface area contributed by atoms with Crippen LogP contribution in [-0.4, -0.2) is 17.6 Å². The molecule has 0 aromatic heterocycles. The van der Waals surface area contributed by atoms with Gasteiger partial charge in [0, 0.05) is 30.0 Å². The Hall–Kier alpha value is -0.740. The number of fused-ring (bicyclic) bond motifs is 1. The van der Waals surface area contributed by atoms with E-state index in [0.29, 0.717) is 11.7 Å². The third kappa shape index (κ3) is 2.36. The van der Waals surface area contributed by atoms with E-state index < -0.39 is 0 Å². The van der Waals surface area contributed by atoms with Crippen molar-refractivity contribution >= 4 is 11.8 Å². The smallest absolute Gasteiger partial charge is 0.127 e. The highest BCUT2D eigenvalue weighted by Crippen LogP contribution is 2.38. The fraction of sp³-hybridized carbons (Fsp3) is 0.571. The minimum absolute atomic E-state index is 0.0220. The van der Waals surface area contributed by atoms with Crippen LogP contribution in [0.4, 0.5) is 4.39 Å². The molecule has 1 aromatic rings. The highest BCUT2D eigenvalue weighted by Gasteiger charge is 2.32. The average Bonchev–Trinajstić information content (AvgIpc) is 2.39. The van der Waals surface area contributed by atoms with Crippen LogP contribution < -0.4 is 10.5 Å². The Bertz CT molecular complexity index is 434. The highest BCUT2D eigenvalue weighted by atomic mass is 32.2. The molecule has 0 amide bonds. The number of rotatable bonds is 1. The third-order valence-electron chi connectivity index (χ3n) is 3.86. The van der Waals surface area contributed by atoms with Gasteiger partial charge in [0.25, 0.3) is 0 Å². The Morgan fingerprint density at radius 2 is 2.28 bits per heavy atom. The maximum Gasteiger partial charge on any atom is 0.127 e. The second-order valence-electron chi connectivity index (χ2n) is 5.16. The first-order valence-electron chi connectivity index (χ1n) is 6.53. The summed E-state index contributed by atoms with van der Waals surface area (Å²) in [4.78, 5) is 0. The maximum absolute atomic E-state index is 13.3. The lowest BCUT2D eigenvalue weighted by Crippen LogP contribution is -2.37. The normalized spacial score (nSPS) is 31.6. The van der Waals surface area contributed by atoms with Crippen LogP contribution in [0, 0.1) is 11.7 Å². The third-order valence-corrected chi connectivity index (χ3v) is 5.10. The summed E-state index contributed by atoms with van der Waals surface area (Å²) >= 11 is 1.99. The fourth-order valence-corrected chi connectivity index (χ4v) is 4.07. The van der Waals surface area contributed by atoms with Gasteiger partial charge in [-0.05, 0) is 30.4 Å². The van der Waals surface area contributed by atoms with Gasteiger partial charge in [0.1, 0.15) is 17.7 Å². The van der Waals surface area contributed by atoms with Gasteiger partial charge in [-0.3, -0.25) is 0 Å². The molecule has 2 aliphatic rings. The molecular weight excluding hydrogens is 249 g/mol. The molecule has 3 atom stereocenters. The van der Waals surface area contributed by atoms with Gasteiger partial charge in [-0.2, -0.15) is 11.8 Å². The topological polar surface area (TPSA) is 35.2 Å². The van der Waals surface area contributed by atoms with E-state index in [1.165, 1.54) is 30.7 Å². The number of nitrogens with two attached hydrogens (primary N) is 1. The van der Waals surface area contributed by atoms with Crippen molar-refractivity contribution in [1.29, 1.82) is 0 Å². The molecule has 98 valence electrons. The maximum atomic E-state index is 13.3. The number of thioether (sulfide) groups is 1. The van der Waals surface area contributed by atoms with Crippen molar-refractivity contribution in [3.8, 4) is 5.75 Å². The van der Waals surface area contributed by atoms with Gasteiger partial charge in [0.2, 0.25) is 0 Å². The molecule has 0 bridgehead atoms.